The molecule has 0 bridgehead atoms. The minimum absolute atomic E-state index is 0.100. The lowest BCUT2D eigenvalue weighted by molar-refractivity contribution is -0.571. The van der Waals surface area contributed by atoms with Gasteiger partial charge in [-0.15, -0.1) is 0 Å². The number of hydrogen-bond donors (Lipinski definition) is 0. The van der Waals surface area contributed by atoms with E-state index in [0.717, 1.165) is 27.4 Å². The van der Waals surface area contributed by atoms with Crippen molar-refractivity contribution >= 4 is 32.8 Å². The first-order chi connectivity index (χ1) is 34.9. The van der Waals surface area contributed by atoms with Crippen molar-refractivity contribution in [3.63, 3.8) is 0 Å². The Bertz CT molecular complexity index is 3810. The molecule has 0 aliphatic heterocycles. The van der Waals surface area contributed by atoms with Crippen LogP contribution in [0.1, 0.15) is 80.6 Å². The topological polar surface area (TPSA) is 35.9 Å². The summed E-state index contributed by atoms with van der Waals surface area (Å²) in [6.45, 7) is 14.7. The summed E-state index contributed by atoms with van der Waals surface area (Å²) in [6, 6.07) is 30.8. The Kier molecular flexibility index (Phi) is 7.21. The Hall–Kier alpha value is -7.24. The van der Waals surface area contributed by atoms with E-state index in [-0.39, 0.29) is 38.8 Å². The van der Waals surface area contributed by atoms with E-state index in [2.05, 4.69) is 76.7 Å². The average Bonchev–Trinajstić information content (AvgIpc) is 3.93. The van der Waals surface area contributed by atoms with E-state index >= 15 is 0 Å². The molecule has 0 aliphatic rings. The van der Waals surface area contributed by atoms with Crippen LogP contribution < -0.4 is 9.30 Å². The molecule has 10 aromatic rings. The Morgan fingerprint density at radius 2 is 1.33 bits per heavy atom. The molecule has 1 unspecified atom stereocenters. The van der Waals surface area contributed by atoms with E-state index in [1.165, 1.54) is 5.56 Å². The van der Waals surface area contributed by atoms with Crippen LogP contribution in [-0.2, 0) is 5.41 Å². The van der Waals surface area contributed by atoms with Crippen molar-refractivity contribution in [2.24, 2.45) is 5.41 Å². The number of ether oxygens (including phenoxy) is 1. The molecule has 7 aromatic carbocycles. The maximum absolute atomic E-state index is 9.43. The molecule has 0 radical (unpaired) electrons. The first kappa shape index (κ1) is 29.1. The van der Waals surface area contributed by atoms with Gasteiger partial charge in [-0.2, -0.15) is 0 Å². The summed E-state index contributed by atoms with van der Waals surface area (Å²) in [5, 5.41) is 2.07. The van der Waals surface area contributed by atoms with E-state index in [0.29, 0.717) is 34.0 Å². The van der Waals surface area contributed by atoms with Crippen LogP contribution in [0.3, 0.4) is 0 Å². The Labute approximate surface area is 386 Å². The van der Waals surface area contributed by atoms with Gasteiger partial charge in [0.05, 0.1) is 47.1 Å². The number of fused-ring (bicyclic) bond motifs is 4. The Balaban J connectivity index is 1.14. The molecule has 0 spiro atoms. The second-order valence-corrected chi connectivity index (χ2v) is 17.8. The molecule has 3 heterocycles. The minimum Gasteiger partial charge on any atom is -0.458 e. The maximum atomic E-state index is 9.43. The second kappa shape index (κ2) is 15.6. The first-order valence-electron chi connectivity index (χ1n) is 26.5. The zero-order valence-electron chi connectivity index (χ0n) is 47.2. The summed E-state index contributed by atoms with van der Waals surface area (Å²) in [5.74, 6) is 0.814. The molecule has 0 saturated heterocycles. The summed E-state index contributed by atoms with van der Waals surface area (Å²) < 4.78 is 109. The number of para-hydroxylation sites is 3. The number of pyridine rings is 1. The van der Waals surface area contributed by atoms with Crippen LogP contribution in [0.4, 0.5) is 0 Å². The monoisotopic (exact) mass is 831 g/mol. The number of nitrogens with zero attached hydrogens (tertiary/aromatic N) is 4. The molecule has 10 rings (SSSR count). The highest BCUT2D eigenvalue weighted by Gasteiger charge is 2.24. The quantitative estimate of drug-likeness (QED) is 0.113. The van der Waals surface area contributed by atoms with Gasteiger partial charge in [-0.1, -0.05) is 163 Å². The lowest BCUT2D eigenvalue weighted by Crippen LogP contribution is -2.31. The van der Waals surface area contributed by atoms with Gasteiger partial charge in [-0.3, -0.25) is 13.7 Å². The van der Waals surface area contributed by atoms with Crippen molar-refractivity contribution in [2.45, 2.75) is 59.8 Å². The lowest BCUT2D eigenvalue weighted by Gasteiger charge is -2.27. The van der Waals surface area contributed by atoms with Crippen molar-refractivity contribution in [1.82, 2.24) is 14.1 Å². The molecular weight excluding hydrogens is 769 g/mol. The number of rotatable bonds is 8. The summed E-state index contributed by atoms with van der Waals surface area (Å²) in [7, 11) is 0. The number of benzene rings is 7. The lowest BCUT2D eigenvalue weighted by atomic mass is 9.78. The van der Waals surface area contributed by atoms with Crippen LogP contribution in [-0.4, -0.2) is 14.1 Å². The highest BCUT2D eigenvalue weighted by atomic mass is 16.5. The molecule has 0 saturated carbocycles. The zero-order chi connectivity index (χ0) is 53.1. The molecule has 63 heavy (non-hydrogen) atoms. The fourth-order valence-electron chi connectivity index (χ4n) is 8.18. The van der Waals surface area contributed by atoms with Crippen molar-refractivity contribution in [1.29, 1.82) is 0 Å². The van der Waals surface area contributed by atoms with Gasteiger partial charge in [0.25, 0.3) is 6.33 Å². The third-order valence-corrected chi connectivity index (χ3v) is 11.8. The molecule has 5 nitrogen and oxygen atoms in total. The van der Waals surface area contributed by atoms with Gasteiger partial charge in [0.15, 0.2) is 0 Å². The molecule has 0 amide bonds. The van der Waals surface area contributed by atoms with E-state index in [1.54, 1.807) is 33.5 Å². The summed E-state index contributed by atoms with van der Waals surface area (Å²) in [4.78, 5) is 4.89. The largest absolute Gasteiger partial charge is 0.458 e. The van der Waals surface area contributed by atoms with Crippen LogP contribution >= 0.6 is 0 Å². The summed E-state index contributed by atoms with van der Waals surface area (Å²) in [5.41, 5.74) is 5.42. The average molecular weight is 832 g/mol. The predicted molar refractivity (Wildman–Crippen MR) is 260 cm³/mol. The zero-order valence-corrected chi connectivity index (χ0v) is 36.2. The van der Waals surface area contributed by atoms with Crippen LogP contribution in [0, 0.1) is 11.7 Å². The smallest absolute Gasteiger partial charge is 0.269 e. The van der Waals surface area contributed by atoms with Gasteiger partial charge in [-0.25, -0.2) is 4.98 Å². The van der Waals surface area contributed by atoms with Crippen molar-refractivity contribution in [3.05, 3.63) is 199 Å². The van der Waals surface area contributed by atoms with E-state index < -0.39 is 66.3 Å². The van der Waals surface area contributed by atoms with Gasteiger partial charge in [-0.05, 0) is 105 Å². The minimum atomic E-state index is -0.912. The second-order valence-electron chi connectivity index (χ2n) is 17.8. The number of aromatic nitrogens is 4. The highest BCUT2D eigenvalue weighted by molar-refractivity contribution is 6.09. The number of hydrogen-bond acceptors (Lipinski definition) is 2. The molecule has 5 heteroatoms. The molecule has 0 N–H and O–H groups in total. The molecule has 310 valence electrons. The maximum Gasteiger partial charge on any atom is 0.269 e. The third kappa shape index (κ3) is 7.38. The molecule has 0 aliphatic carbocycles. The van der Waals surface area contributed by atoms with Gasteiger partial charge < -0.3 is 4.74 Å². The molecular formula is C58H52N4O. The standard InChI is InChI=1S/C58H52N4O/c1-39(57(2,3)4)42-32-33-59-55(34-42)62-51-31-28-43(58(5,6)7)35-50(51)49-30-29-46(37-54(49)62)63-45-23-16-22-44(36-45)60-38-61(53-27-15-14-26-52(53)60)56-47(40-18-10-8-11-19-40)24-17-25-48(56)41-20-12-9-13-21-41/h8-37,39H,1-7H3/i8D,9D,10D,11D,12D,13D,18D,19D,20D,21D,39D. The summed E-state index contributed by atoms with van der Waals surface area (Å²) >= 11 is 0. The Morgan fingerprint density at radius 3 is 2.03 bits per heavy atom. The SMILES string of the molecule is [2H]c1c([2H])c([2H])c(-c2cccc(-c3c([2H])c([2H])c([2H])c([2H])c3[2H])c2-[n+]2[c-]n(-c3cccc(Oc4ccc5c6cc(C(C)(C)C)ccc6n(-c6cc(C([2H])(C)C(C)(C)C)ccn6)c5c4)c3)c3ccccc32)c([2H])c1[2H]. The van der Waals surface area contributed by atoms with Crippen molar-refractivity contribution in [3.8, 4) is 50.9 Å². The first-order valence-corrected chi connectivity index (χ1v) is 21.0. The van der Waals surface area contributed by atoms with Gasteiger partial charge in [0.1, 0.15) is 17.3 Å². The fourth-order valence-corrected chi connectivity index (χ4v) is 8.18. The highest BCUT2D eigenvalue weighted by Crippen LogP contribution is 2.40. The van der Waals surface area contributed by atoms with Crippen LogP contribution in [0.5, 0.6) is 11.5 Å². The van der Waals surface area contributed by atoms with E-state index in [4.69, 9.17) is 23.4 Å². The van der Waals surface area contributed by atoms with Crippen molar-refractivity contribution < 1.29 is 24.4 Å². The third-order valence-electron chi connectivity index (χ3n) is 11.8. The van der Waals surface area contributed by atoms with Crippen molar-refractivity contribution in [2.75, 3.05) is 0 Å². The van der Waals surface area contributed by atoms with Crippen LogP contribution in [0.2, 0.25) is 0 Å². The van der Waals surface area contributed by atoms with Gasteiger partial charge in [0.2, 0.25) is 0 Å². The van der Waals surface area contributed by atoms with E-state index in [1.807, 2.05) is 79.7 Å². The van der Waals surface area contributed by atoms with Crippen LogP contribution in [0.15, 0.2) is 182 Å². The summed E-state index contributed by atoms with van der Waals surface area (Å²) in [6.07, 6.45) is 5.22. The van der Waals surface area contributed by atoms with Gasteiger partial charge >= 0.3 is 0 Å². The number of imidazole rings is 1. The molecule has 1 atom stereocenters. The molecule has 3 aromatic heterocycles. The normalized spacial score (nSPS) is 15.6. The predicted octanol–water partition coefficient (Wildman–Crippen LogP) is 14.8. The van der Waals surface area contributed by atoms with Gasteiger partial charge in [0, 0.05) is 24.4 Å². The van der Waals surface area contributed by atoms with E-state index in [9.17, 15) is 1.37 Å². The Morgan fingerprint density at radius 1 is 0.651 bits per heavy atom. The van der Waals surface area contributed by atoms with Crippen LogP contribution in [0.25, 0.3) is 72.3 Å². The molecule has 0 fully saturated rings. The fraction of sp³-hybridized carbons (Fsp3) is 0.172.